The summed E-state index contributed by atoms with van der Waals surface area (Å²) < 4.78 is 26.5. The zero-order chi connectivity index (χ0) is 18.3. The van der Waals surface area contributed by atoms with Crippen LogP contribution in [0, 0.1) is 10.1 Å². The molecule has 0 heterocycles. The predicted molar refractivity (Wildman–Crippen MR) is 94.8 cm³/mol. The summed E-state index contributed by atoms with van der Waals surface area (Å²) in [5.41, 5.74) is 6.18. The molecular formula is C15H17N5O4S. The van der Waals surface area contributed by atoms with Gasteiger partial charge in [0.05, 0.1) is 16.4 Å². The number of nitro groups is 1. The fourth-order valence-corrected chi connectivity index (χ4v) is 2.97. The molecule has 0 bridgehead atoms. The SMILES string of the molecule is NC(=NCCNS(=O)(=O)c1cccc([N+](=O)[O-])c1)Nc1ccccc1. The Labute approximate surface area is 144 Å². The number of rotatable bonds is 7. The number of aliphatic imine (C=N–C) groups is 1. The number of anilines is 1. The van der Waals surface area contributed by atoms with Crippen molar-refractivity contribution in [3.8, 4) is 0 Å². The van der Waals surface area contributed by atoms with Crippen molar-refractivity contribution in [2.45, 2.75) is 4.90 Å². The van der Waals surface area contributed by atoms with Crippen LogP contribution in [-0.2, 0) is 10.0 Å². The van der Waals surface area contributed by atoms with E-state index < -0.39 is 14.9 Å². The van der Waals surface area contributed by atoms with Gasteiger partial charge in [0, 0.05) is 24.4 Å². The number of hydrogen-bond donors (Lipinski definition) is 3. The Hall–Kier alpha value is -2.98. The molecule has 9 nitrogen and oxygen atoms in total. The number of sulfonamides is 1. The summed E-state index contributed by atoms with van der Waals surface area (Å²) in [7, 11) is -3.86. The second kappa shape index (κ2) is 8.22. The van der Waals surface area contributed by atoms with E-state index in [0.717, 1.165) is 11.8 Å². The van der Waals surface area contributed by atoms with Crippen LogP contribution in [0.1, 0.15) is 0 Å². The fraction of sp³-hybridized carbons (Fsp3) is 0.133. The van der Waals surface area contributed by atoms with Crippen LogP contribution < -0.4 is 15.8 Å². The summed E-state index contributed by atoms with van der Waals surface area (Å²) in [6, 6.07) is 14.0. The van der Waals surface area contributed by atoms with Crippen LogP contribution in [0.3, 0.4) is 0 Å². The number of nitrogens with zero attached hydrogens (tertiary/aromatic N) is 2. The van der Waals surface area contributed by atoms with Crippen LogP contribution in [-0.4, -0.2) is 32.4 Å². The summed E-state index contributed by atoms with van der Waals surface area (Å²) >= 11 is 0. The van der Waals surface area contributed by atoms with Crippen molar-refractivity contribution < 1.29 is 13.3 Å². The Morgan fingerprint density at radius 2 is 1.88 bits per heavy atom. The molecule has 0 spiro atoms. The van der Waals surface area contributed by atoms with Crippen molar-refractivity contribution in [3.05, 3.63) is 64.7 Å². The molecule has 0 saturated heterocycles. The molecule has 0 aliphatic rings. The predicted octanol–water partition coefficient (Wildman–Crippen LogP) is 1.30. The van der Waals surface area contributed by atoms with Gasteiger partial charge in [-0.2, -0.15) is 0 Å². The molecule has 0 aromatic heterocycles. The molecule has 2 rings (SSSR count). The summed E-state index contributed by atoms with van der Waals surface area (Å²) in [6.45, 7) is 0.113. The molecule has 0 amide bonds. The molecule has 132 valence electrons. The molecule has 0 atom stereocenters. The maximum absolute atomic E-state index is 12.1. The maximum atomic E-state index is 12.1. The van der Waals surface area contributed by atoms with Gasteiger partial charge in [-0.25, -0.2) is 13.1 Å². The first-order chi connectivity index (χ1) is 11.9. The number of benzene rings is 2. The first kappa shape index (κ1) is 18.4. The summed E-state index contributed by atoms with van der Waals surface area (Å²) in [5, 5.41) is 13.6. The zero-order valence-corrected chi connectivity index (χ0v) is 13.9. The number of hydrogen-bond acceptors (Lipinski definition) is 5. The molecule has 0 aliphatic heterocycles. The third-order valence-corrected chi connectivity index (χ3v) is 4.53. The molecule has 2 aromatic carbocycles. The van der Waals surface area contributed by atoms with Crippen LogP contribution >= 0.6 is 0 Å². The summed E-state index contributed by atoms with van der Waals surface area (Å²) in [5.74, 6) is 0.153. The van der Waals surface area contributed by atoms with E-state index in [-0.39, 0.29) is 29.6 Å². The number of nitro benzene ring substituents is 1. The fourth-order valence-electron chi connectivity index (χ4n) is 1.91. The van der Waals surface area contributed by atoms with Gasteiger partial charge >= 0.3 is 0 Å². The maximum Gasteiger partial charge on any atom is 0.270 e. The largest absolute Gasteiger partial charge is 0.370 e. The van der Waals surface area contributed by atoms with Crippen molar-refractivity contribution in [3.63, 3.8) is 0 Å². The van der Waals surface area contributed by atoms with Crippen molar-refractivity contribution in [2.75, 3.05) is 18.4 Å². The monoisotopic (exact) mass is 363 g/mol. The first-order valence-electron chi connectivity index (χ1n) is 7.24. The standard InChI is InChI=1S/C15H17N5O4S/c16-15(19-12-5-2-1-3-6-12)17-9-10-18-25(23,24)14-8-4-7-13(11-14)20(21)22/h1-8,11,18H,9-10H2,(H3,16,17,19). The topological polar surface area (TPSA) is 140 Å². The van der Waals surface area contributed by atoms with Crippen LogP contribution in [0.25, 0.3) is 0 Å². The van der Waals surface area contributed by atoms with E-state index >= 15 is 0 Å². The molecule has 0 radical (unpaired) electrons. The molecule has 0 saturated carbocycles. The number of guanidine groups is 1. The second-order valence-corrected chi connectivity index (χ2v) is 6.68. The van der Waals surface area contributed by atoms with E-state index in [0.29, 0.717) is 0 Å². The Bertz CT molecular complexity index is 869. The average Bonchev–Trinajstić information content (AvgIpc) is 2.60. The van der Waals surface area contributed by atoms with Crippen LogP contribution in [0.5, 0.6) is 0 Å². The van der Waals surface area contributed by atoms with E-state index in [2.05, 4.69) is 15.0 Å². The van der Waals surface area contributed by atoms with Crippen molar-refractivity contribution >= 4 is 27.4 Å². The number of non-ortho nitro benzene ring substituents is 1. The molecule has 10 heteroatoms. The molecule has 0 aliphatic carbocycles. The van der Waals surface area contributed by atoms with Gasteiger partial charge < -0.3 is 11.1 Å². The molecule has 0 unspecified atom stereocenters. The van der Waals surface area contributed by atoms with E-state index in [1.165, 1.54) is 18.2 Å². The number of nitrogens with two attached hydrogens (primary N) is 1. The normalized spacial score (nSPS) is 11.9. The molecule has 2 aromatic rings. The highest BCUT2D eigenvalue weighted by Gasteiger charge is 2.16. The van der Waals surface area contributed by atoms with Gasteiger partial charge in [0.2, 0.25) is 10.0 Å². The van der Waals surface area contributed by atoms with E-state index in [4.69, 9.17) is 5.73 Å². The first-order valence-corrected chi connectivity index (χ1v) is 8.73. The van der Waals surface area contributed by atoms with Gasteiger partial charge in [0.1, 0.15) is 0 Å². The van der Waals surface area contributed by atoms with Crippen molar-refractivity contribution in [1.29, 1.82) is 0 Å². The van der Waals surface area contributed by atoms with E-state index in [1.54, 1.807) is 0 Å². The second-order valence-electron chi connectivity index (χ2n) is 4.91. The quantitative estimate of drug-likeness (QED) is 0.223. The molecule has 25 heavy (non-hydrogen) atoms. The minimum absolute atomic E-state index is 0.00218. The number of nitrogens with one attached hydrogen (secondary N) is 2. The van der Waals surface area contributed by atoms with Gasteiger partial charge in [0.15, 0.2) is 5.96 Å². The lowest BCUT2D eigenvalue weighted by Gasteiger charge is -2.07. The lowest BCUT2D eigenvalue weighted by molar-refractivity contribution is -0.385. The Morgan fingerprint density at radius 1 is 1.16 bits per heavy atom. The van der Waals surface area contributed by atoms with Gasteiger partial charge in [-0.3, -0.25) is 15.1 Å². The Morgan fingerprint density at radius 3 is 2.56 bits per heavy atom. The molecular weight excluding hydrogens is 346 g/mol. The third kappa shape index (κ3) is 5.55. The lowest BCUT2D eigenvalue weighted by atomic mass is 10.3. The minimum atomic E-state index is -3.86. The Balaban J connectivity index is 1.91. The summed E-state index contributed by atoms with van der Waals surface area (Å²) in [4.78, 5) is 13.9. The highest BCUT2D eigenvalue weighted by Crippen LogP contribution is 2.16. The van der Waals surface area contributed by atoms with Crippen LogP contribution in [0.4, 0.5) is 11.4 Å². The zero-order valence-electron chi connectivity index (χ0n) is 13.1. The highest BCUT2D eigenvalue weighted by molar-refractivity contribution is 7.89. The third-order valence-electron chi connectivity index (χ3n) is 3.07. The number of para-hydroxylation sites is 1. The van der Waals surface area contributed by atoms with E-state index in [1.807, 2.05) is 30.3 Å². The van der Waals surface area contributed by atoms with Gasteiger partial charge in [-0.15, -0.1) is 0 Å². The van der Waals surface area contributed by atoms with Gasteiger partial charge in [-0.1, -0.05) is 24.3 Å². The summed E-state index contributed by atoms with van der Waals surface area (Å²) in [6.07, 6.45) is 0. The van der Waals surface area contributed by atoms with Gasteiger partial charge in [0.25, 0.3) is 5.69 Å². The average molecular weight is 363 g/mol. The van der Waals surface area contributed by atoms with Crippen LogP contribution in [0.15, 0.2) is 64.5 Å². The molecule has 4 N–H and O–H groups in total. The van der Waals surface area contributed by atoms with E-state index in [9.17, 15) is 18.5 Å². The van der Waals surface area contributed by atoms with Crippen molar-refractivity contribution in [1.82, 2.24) is 4.72 Å². The lowest BCUT2D eigenvalue weighted by Crippen LogP contribution is -2.28. The van der Waals surface area contributed by atoms with Gasteiger partial charge in [-0.05, 0) is 18.2 Å². The van der Waals surface area contributed by atoms with Crippen molar-refractivity contribution in [2.24, 2.45) is 10.7 Å². The molecule has 0 fully saturated rings. The van der Waals surface area contributed by atoms with Crippen LogP contribution in [0.2, 0.25) is 0 Å². The highest BCUT2D eigenvalue weighted by atomic mass is 32.2. The minimum Gasteiger partial charge on any atom is -0.370 e. The smallest absolute Gasteiger partial charge is 0.270 e. The Kier molecular flexibility index (Phi) is 6.03.